The van der Waals surface area contributed by atoms with E-state index in [1.54, 1.807) is 11.3 Å². The molecule has 0 aliphatic carbocycles. The van der Waals surface area contributed by atoms with Crippen molar-refractivity contribution >= 4 is 55.9 Å². The van der Waals surface area contributed by atoms with Crippen LogP contribution in [0, 0.1) is 19.1 Å². The molecule has 0 amide bonds. The van der Waals surface area contributed by atoms with Crippen LogP contribution in [0.15, 0.2) is 134 Å². The van der Waals surface area contributed by atoms with Gasteiger partial charge in [-0.25, -0.2) is 4.98 Å². The van der Waals surface area contributed by atoms with Gasteiger partial charge in [-0.1, -0.05) is 144 Å². The van der Waals surface area contributed by atoms with E-state index in [9.17, 15) is 0 Å². The minimum atomic E-state index is -1.50. The molecule has 9 rings (SSSR count). The molecule has 9 aromatic rings. The molecule has 5 aromatic carbocycles. The van der Waals surface area contributed by atoms with E-state index in [0.29, 0.717) is 0 Å². The molecule has 0 aliphatic rings. The summed E-state index contributed by atoms with van der Waals surface area (Å²) in [4.78, 5) is 15.8. The maximum atomic E-state index is 8.44. The van der Waals surface area contributed by atoms with Gasteiger partial charge in [0.25, 0.3) is 0 Å². The molecule has 4 nitrogen and oxygen atoms in total. The maximum Gasteiger partial charge on any atom is 0.113 e. The van der Waals surface area contributed by atoms with E-state index in [0.717, 1.165) is 54.5 Å². The summed E-state index contributed by atoms with van der Waals surface area (Å²) in [5.41, 5.74) is 11.8. The van der Waals surface area contributed by atoms with Crippen LogP contribution >= 0.6 is 11.3 Å². The van der Waals surface area contributed by atoms with E-state index in [1.165, 1.54) is 38.3 Å². The van der Waals surface area contributed by atoms with Crippen LogP contribution in [0.2, 0.25) is 19.6 Å². The minimum Gasteiger partial charge on any atom is -0.332 e. The number of nitrogens with zero attached hydrogens (tertiary/aromatic N) is 4. The van der Waals surface area contributed by atoms with Gasteiger partial charge in [0.05, 0.1) is 30.6 Å². The Kier molecular flexibility index (Phi) is 11.7. The fraction of sp³-hybridized carbons (Fsp3) is 0.212. The maximum absolute atomic E-state index is 8.44. The number of rotatable bonds is 6. The molecular weight excluding hydrogens is 933 g/mol. The molecule has 0 N–H and O–H groups in total. The van der Waals surface area contributed by atoms with Gasteiger partial charge in [0.15, 0.2) is 0 Å². The van der Waals surface area contributed by atoms with E-state index >= 15 is 0 Å². The number of thiophene rings is 1. The number of aryl methyl sites for hydroxylation is 1. The van der Waals surface area contributed by atoms with Crippen LogP contribution in [0.1, 0.15) is 58.7 Å². The van der Waals surface area contributed by atoms with Crippen LogP contribution in [0.25, 0.3) is 70.8 Å². The molecule has 0 aliphatic heterocycles. The Bertz CT molecular complexity index is 2960. The van der Waals surface area contributed by atoms with Crippen molar-refractivity contribution in [3.8, 4) is 39.5 Å². The quantitative estimate of drug-likeness (QED) is 0.123. The molecule has 7 heteroatoms. The van der Waals surface area contributed by atoms with E-state index in [4.69, 9.17) is 11.3 Å². The second-order valence-corrected chi connectivity index (χ2v) is 23.3. The summed E-state index contributed by atoms with van der Waals surface area (Å²) >= 11 is 1.73. The van der Waals surface area contributed by atoms with Crippen molar-refractivity contribution < 1.29 is 21.5 Å². The Hall–Kier alpha value is -5.04. The number of imidazole rings is 1. The van der Waals surface area contributed by atoms with Crippen LogP contribution in [0.5, 0.6) is 0 Å². The van der Waals surface area contributed by atoms with Gasteiger partial charge in [0.1, 0.15) is 4.83 Å². The number of fused-ring (bicyclic) bond motifs is 4. The van der Waals surface area contributed by atoms with Crippen LogP contribution in [-0.4, -0.2) is 27.6 Å². The molecule has 0 saturated carbocycles. The molecule has 4 aromatic heterocycles. The molecule has 0 unspecified atom stereocenters. The van der Waals surface area contributed by atoms with Gasteiger partial charge < -0.3 is 9.55 Å². The summed E-state index contributed by atoms with van der Waals surface area (Å²) in [6.45, 7) is 19.7. The smallest absolute Gasteiger partial charge is 0.113 e. The predicted octanol–water partition coefficient (Wildman–Crippen LogP) is 13.7. The standard InChI is InChI=1S/C35H28N3S.C17H22NSi.Ir/c1-22-20-21-26-25-15-10-16-27(32(25)39-34(26)36-22)33-37-29-18-8-9-19-30(29)38(33)31-24(23-12-6-5-7-13-23)14-11-17-28(31)35(2,3)4;1-13(2)15-11-16(14-9-7-6-8-10-14)18-12-17(15)19(3,4)5;/h5-15,17-21H,1-4H3;6-9,11-13H,1-5H3;/q2*-1;/i;13D;. The molecule has 0 spiro atoms. The van der Waals surface area contributed by atoms with Gasteiger partial charge in [-0.15, -0.1) is 54.1 Å². The largest absolute Gasteiger partial charge is 0.332 e. The second kappa shape index (κ2) is 16.9. The Labute approximate surface area is 369 Å². The molecule has 1 radical (unpaired) electrons. The number of hydrogen-bond acceptors (Lipinski definition) is 4. The number of para-hydroxylation sites is 3. The van der Waals surface area contributed by atoms with Crippen molar-refractivity contribution in [2.45, 2.75) is 72.5 Å². The second-order valence-electron chi connectivity index (χ2n) is 17.2. The first kappa shape index (κ1) is 40.7. The van der Waals surface area contributed by atoms with Gasteiger partial charge in [0.2, 0.25) is 0 Å². The van der Waals surface area contributed by atoms with Crippen molar-refractivity contribution in [3.05, 3.63) is 163 Å². The molecule has 0 bridgehead atoms. The minimum absolute atomic E-state index is 0. The molecule has 4 heterocycles. The fourth-order valence-corrected chi connectivity index (χ4v) is 10.5. The number of pyridine rings is 2. The zero-order valence-electron chi connectivity index (χ0n) is 36.2. The average molecular weight is 984 g/mol. The van der Waals surface area contributed by atoms with Gasteiger partial charge in [0, 0.05) is 38.9 Å². The van der Waals surface area contributed by atoms with E-state index in [2.05, 4.69) is 159 Å². The summed E-state index contributed by atoms with van der Waals surface area (Å²) in [6.07, 6.45) is 1.98. The SMILES string of the molecule is Cc1ccc2c(n1)sc1c(-c3nc4ccccc4n3-c3c(-c4ccccc4)cccc3C(C)(C)C)[c-]ccc12.[2H]C(C)(C)c1cc(-c2[c-]cccc2)ncc1[Si](C)(C)C.[Ir]. The summed E-state index contributed by atoms with van der Waals surface area (Å²) in [5, 5.41) is 3.65. The first-order valence-corrected chi connectivity index (χ1v) is 24.3. The Balaban J connectivity index is 0.000000220. The third-order valence-corrected chi connectivity index (χ3v) is 13.8. The number of benzene rings is 5. The van der Waals surface area contributed by atoms with Crippen LogP contribution in [0.3, 0.4) is 0 Å². The summed E-state index contributed by atoms with van der Waals surface area (Å²) in [5.74, 6) is 0.293. The molecule has 59 heavy (non-hydrogen) atoms. The summed E-state index contributed by atoms with van der Waals surface area (Å²) < 4.78 is 12.0. The third-order valence-electron chi connectivity index (χ3n) is 10.6. The topological polar surface area (TPSA) is 43.6 Å². The molecule has 299 valence electrons. The van der Waals surface area contributed by atoms with Gasteiger partial charge >= 0.3 is 0 Å². The van der Waals surface area contributed by atoms with Crippen molar-refractivity contribution in [1.82, 2.24) is 19.5 Å². The van der Waals surface area contributed by atoms with Crippen LogP contribution in [0.4, 0.5) is 0 Å². The van der Waals surface area contributed by atoms with Crippen molar-refractivity contribution in [1.29, 1.82) is 0 Å². The average Bonchev–Trinajstić information content (AvgIpc) is 3.78. The predicted molar refractivity (Wildman–Crippen MR) is 250 cm³/mol. The fourth-order valence-electron chi connectivity index (χ4n) is 7.71. The number of hydrogen-bond donors (Lipinski definition) is 0. The van der Waals surface area contributed by atoms with E-state index in [-0.39, 0.29) is 25.5 Å². The molecular formula is C52H50IrN4SSi-2. The van der Waals surface area contributed by atoms with Crippen molar-refractivity contribution in [2.75, 3.05) is 0 Å². The van der Waals surface area contributed by atoms with Crippen molar-refractivity contribution in [2.24, 2.45) is 0 Å². The zero-order chi connectivity index (χ0) is 41.7. The normalized spacial score (nSPS) is 12.3. The van der Waals surface area contributed by atoms with Crippen LogP contribution < -0.4 is 5.19 Å². The Morgan fingerprint density at radius 3 is 2.24 bits per heavy atom. The van der Waals surface area contributed by atoms with E-state index < -0.39 is 14.0 Å². The van der Waals surface area contributed by atoms with Crippen LogP contribution in [-0.2, 0) is 25.5 Å². The monoisotopic (exact) mass is 984 g/mol. The molecule has 0 saturated heterocycles. The van der Waals surface area contributed by atoms with Crippen molar-refractivity contribution in [3.63, 3.8) is 0 Å². The Morgan fingerprint density at radius 2 is 1.53 bits per heavy atom. The van der Waals surface area contributed by atoms with E-state index in [1.807, 2.05) is 57.3 Å². The van der Waals surface area contributed by atoms with Gasteiger partial charge in [-0.05, 0) is 68.5 Å². The summed E-state index contributed by atoms with van der Waals surface area (Å²) in [6, 6.07) is 51.0. The van der Waals surface area contributed by atoms with Gasteiger partial charge in [-0.3, -0.25) is 4.98 Å². The third kappa shape index (κ3) is 8.40. The first-order valence-electron chi connectivity index (χ1n) is 20.5. The van der Waals surface area contributed by atoms with Gasteiger partial charge in [-0.2, -0.15) is 11.3 Å². The molecule has 0 fully saturated rings. The number of aromatic nitrogens is 4. The summed E-state index contributed by atoms with van der Waals surface area (Å²) in [7, 11) is -1.50. The Morgan fingerprint density at radius 1 is 0.780 bits per heavy atom. The zero-order valence-corrected chi connectivity index (χ0v) is 39.4. The first-order chi connectivity index (χ1) is 28.1. The molecule has 0 atom stereocenters.